The average molecular weight is 542 g/mol. The molecule has 0 radical (unpaired) electrons. The number of carboxylic acid groups (broad SMARTS) is 2. The molecule has 5 rings (SSSR count). The number of hydrogen-bond acceptors (Lipinski definition) is 6. The summed E-state index contributed by atoms with van der Waals surface area (Å²) >= 11 is 13.3. The summed E-state index contributed by atoms with van der Waals surface area (Å²) in [6, 6.07) is 6.32. The van der Waals surface area contributed by atoms with E-state index in [0.29, 0.717) is 34.6 Å². The molecule has 3 aromatic rings. The molecule has 1 amide bonds. The van der Waals surface area contributed by atoms with Crippen LogP contribution in [0.3, 0.4) is 0 Å². The number of anilines is 1. The zero-order valence-electron chi connectivity index (χ0n) is 19.3. The Hall–Kier alpha value is -2.48. The summed E-state index contributed by atoms with van der Waals surface area (Å²) in [5.74, 6) is -1.87. The van der Waals surface area contributed by atoms with Crippen LogP contribution in [-0.2, 0) is 6.42 Å². The molecule has 3 atom stereocenters. The predicted octanol–water partition coefficient (Wildman–Crippen LogP) is 0.942. The monoisotopic (exact) mass is 541 g/mol. The molecular weight excluding hydrogens is 522 g/mol. The van der Waals surface area contributed by atoms with Crippen molar-refractivity contribution in [1.82, 2.24) is 15.3 Å². The molecule has 1 aliphatic carbocycles. The first kappa shape index (κ1) is 26.6. The fraction of sp³-hybridized carbons (Fsp3) is 0.304. The van der Waals surface area contributed by atoms with E-state index in [9.17, 15) is 19.5 Å². The summed E-state index contributed by atoms with van der Waals surface area (Å²) in [6.07, 6.45) is 0.288. The van der Waals surface area contributed by atoms with E-state index in [1.54, 1.807) is 19.1 Å². The van der Waals surface area contributed by atoms with E-state index in [2.05, 4.69) is 20.2 Å². The fourth-order valence-corrected chi connectivity index (χ4v) is 5.92. The van der Waals surface area contributed by atoms with E-state index in [4.69, 9.17) is 28.3 Å². The second-order valence-electron chi connectivity index (χ2n) is 8.74. The van der Waals surface area contributed by atoms with Crippen LogP contribution in [-0.4, -0.2) is 57.2 Å². The number of amides is 1. The Morgan fingerprint density at radius 2 is 1.75 bits per heavy atom. The first-order valence-corrected chi connectivity index (χ1v) is 12.4. The third-order valence-electron chi connectivity index (χ3n) is 6.50. The molecule has 1 aromatic carbocycles. The van der Waals surface area contributed by atoms with Gasteiger partial charge in [0.15, 0.2) is 5.13 Å². The van der Waals surface area contributed by atoms with E-state index in [1.807, 2.05) is 0 Å². The van der Waals surface area contributed by atoms with Gasteiger partial charge in [-0.1, -0.05) is 46.7 Å². The first-order valence-electron chi connectivity index (χ1n) is 10.8. The van der Waals surface area contributed by atoms with E-state index in [-0.39, 0.29) is 70.2 Å². The molecular formula is C23H20Cl2LiN4O5S+. The number of rotatable bonds is 7. The largest absolute Gasteiger partial charge is 1.00 e. The van der Waals surface area contributed by atoms with Gasteiger partial charge in [-0.3, -0.25) is 4.79 Å². The summed E-state index contributed by atoms with van der Waals surface area (Å²) in [7, 11) is 0. The molecule has 1 saturated carbocycles. The molecule has 9 nitrogen and oxygen atoms in total. The average Bonchev–Trinajstić information content (AvgIpc) is 3.19. The second-order valence-corrected chi connectivity index (χ2v) is 10.5. The van der Waals surface area contributed by atoms with Crippen LogP contribution < -0.4 is 29.1 Å². The number of carbonyl (C=O) groups is 3. The van der Waals surface area contributed by atoms with Crippen molar-refractivity contribution in [3.8, 4) is 0 Å². The zero-order valence-corrected chi connectivity index (χ0v) is 21.7. The van der Waals surface area contributed by atoms with E-state index in [0.717, 1.165) is 16.9 Å². The van der Waals surface area contributed by atoms with Crippen molar-refractivity contribution in [2.75, 3.05) is 18.0 Å². The summed E-state index contributed by atoms with van der Waals surface area (Å²) in [5, 5.41) is 22.9. The third kappa shape index (κ3) is 4.88. The summed E-state index contributed by atoms with van der Waals surface area (Å²) in [4.78, 5) is 45.2. The Labute approximate surface area is 232 Å². The number of nitrogens with one attached hydrogen (secondary N) is 2. The normalized spacial score (nSPS) is 20.0. The van der Waals surface area contributed by atoms with Crippen molar-refractivity contribution >= 4 is 57.5 Å². The van der Waals surface area contributed by atoms with Gasteiger partial charge in [-0.15, -0.1) is 0 Å². The van der Waals surface area contributed by atoms with Crippen LogP contribution in [0.25, 0.3) is 0 Å². The molecule has 0 bridgehead atoms. The van der Waals surface area contributed by atoms with Gasteiger partial charge < -0.3 is 25.4 Å². The molecule has 2 fully saturated rings. The number of aryl methyl sites for hydroxylation is 1. The van der Waals surface area contributed by atoms with Gasteiger partial charge in [-0.25, -0.2) is 14.6 Å². The molecule has 2 aromatic heterocycles. The number of aromatic carboxylic acids is 2. The number of nitrogens with zero attached hydrogens (tertiary/aromatic N) is 2. The van der Waals surface area contributed by atoms with Gasteiger partial charge in [0.2, 0.25) is 0 Å². The SMILES string of the molecule is Cc1[nH]c(C(=O)NC2[C@H]3CN(c4nc(Cc5ccc(C(=O)O)cc5)c(C(=O)O)s4)C[C@@H]23)c(Cl)c1Cl.[Li+]. The minimum atomic E-state index is -1.04. The Morgan fingerprint density at radius 1 is 1.11 bits per heavy atom. The van der Waals surface area contributed by atoms with Crippen molar-refractivity contribution in [1.29, 1.82) is 0 Å². The van der Waals surface area contributed by atoms with Crippen molar-refractivity contribution in [2.24, 2.45) is 11.8 Å². The molecule has 36 heavy (non-hydrogen) atoms. The van der Waals surface area contributed by atoms with Crippen LogP contribution >= 0.6 is 34.5 Å². The molecule has 3 heterocycles. The standard InChI is InChI=1S/C23H20Cl2N4O5S.Li/c1-9-15(24)16(25)18(26-9)20(30)28-17-12-7-29(8-13(12)17)23-27-14(19(35-23)22(33)34)6-10-2-4-11(5-3-10)21(31)32;/h2-5,12-13,17,26H,6-8H2,1H3,(H,28,30)(H,31,32)(H,33,34);/q;+1/t12-,13+,17?;. The van der Waals surface area contributed by atoms with Gasteiger partial charge in [0.25, 0.3) is 5.91 Å². The fourth-order valence-electron chi connectivity index (χ4n) is 4.57. The topological polar surface area (TPSA) is 136 Å². The maximum atomic E-state index is 12.6. The Balaban J connectivity index is 0.00000304. The van der Waals surface area contributed by atoms with Gasteiger partial charge in [0.1, 0.15) is 10.6 Å². The maximum Gasteiger partial charge on any atom is 1.00 e. The molecule has 182 valence electrons. The third-order valence-corrected chi connectivity index (χ3v) is 8.59. The summed E-state index contributed by atoms with van der Waals surface area (Å²) in [5.41, 5.74) is 2.28. The molecule has 4 N–H and O–H groups in total. The number of hydrogen-bond donors (Lipinski definition) is 4. The maximum absolute atomic E-state index is 12.6. The van der Waals surface area contributed by atoms with Crippen LogP contribution in [0.15, 0.2) is 24.3 Å². The first-order chi connectivity index (χ1) is 16.6. The molecule has 0 spiro atoms. The molecule has 2 aliphatic rings. The van der Waals surface area contributed by atoms with Crippen molar-refractivity contribution < 1.29 is 43.5 Å². The number of aromatic amines is 1. The smallest absolute Gasteiger partial charge is 0.478 e. The van der Waals surface area contributed by atoms with Gasteiger partial charge >= 0.3 is 30.8 Å². The van der Waals surface area contributed by atoms with Crippen molar-refractivity contribution in [3.63, 3.8) is 0 Å². The number of carbonyl (C=O) groups excluding carboxylic acids is 1. The number of benzene rings is 1. The number of halogens is 2. The molecule has 1 unspecified atom stereocenters. The minimum Gasteiger partial charge on any atom is -0.478 e. The van der Waals surface area contributed by atoms with Gasteiger partial charge in [0.05, 0.1) is 21.3 Å². The quantitative estimate of drug-likeness (QED) is 0.327. The minimum absolute atomic E-state index is 0. The Morgan fingerprint density at radius 3 is 2.28 bits per heavy atom. The summed E-state index contributed by atoms with van der Waals surface area (Å²) < 4.78 is 0. The van der Waals surface area contributed by atoms with Gasteiger partial charge in [-0.2, -0.15) is 0 Å². The van der Waals surface area contributed by atoms with Crippen LogP contribution in [0, 0.1) is 18.8 Å². The predicted molar refractivity (Wildman–Crippen MR) is 131 cm³/mol. The van der Waals surface area contributed by atoms with Gasteiger partial charge in [-0.05, 0) is 24.6 Å². The molecule has 1 aliphatic heterocycles. The molecule has 13 heteroatoms. The number of piperidine rings is 1. The molecule has 1 saturated heterocycles. The number of H-pyrrole nitrogens is 1. The van der Waals surface area contributed by atoms with E-state index < -0.39 is 11.9 Å². The van der Waals surface area contributed by atoms with E-state index >= 15 is 0 Å². The van der Waals surface area contributed by atoms with Crippen LogP contribution in [0.2, 0.25) is 10.0 Å². The summed E-state index contributed by atoms with van der Waals surface area (Å²) in [6.45, 7) is 3.06. The van der Waals surface area contributed by atoms with Crippen molar-refractivity contribution in [3.05, 3.63) is 67.4 Å². The van der Waals surface area contributed by atoms with Crippen LogP contribution in [0.5, 0.6) is 0 Å². The number of fused-ring (bicyclic) bond motifs is 1. The number of aromatic nitrogens is 2. The number of thiazole rings is 1. The Bertz CT molecular complexity index is 1350. The van der Waals surface area contributed by atoms with Crippen LogP contribution in [0.4, 0.5) is 5.13 Å². The van der Waals surface area contributed by atoms with Crippen molar-refractivity contribution in [2.45, 2.75) is 19.4 Å². The van der Waals surface area contributed by atoms with Gasteiger partial charge in [0, 0.05) is 43.1 Å². The zero-order chi connectivity index (χ0) is 25.0. The van der Waals surface area contributed by atoms with E-state index in [1.165, 1.54) is 12.1 Å². The van der Waals surface area contributed by atoms with Crippen LogP contribution in [0.1, 0.15) is 47.5 Å². The second kappa shape index (κ2) is 10.1. The number of carboxylic acids is 2. The Kier molecular flexibility index (Phi) is 7.47.